The molecule has 21 heteroatoms. The van der Waals surface area contributed by atoms with E-state index in [4.69, 9.17) is 42.9 Å². The number of hydrogen-bond donors (Lipinski definition) is 2. The Kier molecular flexibility index (Phi) is 71.4. The third-order valence-corrected chi connectivity index (χ3v) is 14.0. The van der Waals surface area contributed by atoms with Gasteiger partial charge in [-0.3, -0.25) is 4.79 Å². The number of hydrogen-bond acceptors (Lipinski definition) is 14. The Bertz CT molecular complexity index is 4090. The Morgan fingerprint density at radius 2 is 0.643 bits per heavy atom. The Labute approximate surface area is 715 Å². The van der Waals surface area contributed by atoms with E-state index in [1.165, 1.54) is 6.07 Å². The number of aromatic nitrogens is 5. The minimum Gasteiger partial charge on any atom is -0.503 e. The number of H-pyrrole nitrogens is 1. The van der Waals surface area contributed by atoms with Crippen molar-refractivity contribution in [3.05, 3.63) is 244 Å². The van der Waals surface area contributed by atoms with E-state index in [2.05, 4.69) is 123 Å². The van der Waals surface area contributed by atoms with E-state index in [9.17, 15) is 9.90 Å². The number of methoxy groups -OCH3 is 4. The molecule has 0 radical (unpaired) electrons. The average molecular weight is 1860 g/mol. The van der Waals surface area contributed by atoms with Crippen molar-refractivity contribution in [2.45, 2.75) is 152 Å². The number of nitrogens with zero attached hydrogens (tertiary/aromatic N) is 4. The zero-order valence-electron chi connectivity index (χ0n) is 71.1. The van der Waals surface area contributed by atoms with Crippen molar-refractivity contribution in [3.8, 4) is 119 Å². The quantitative estimate of drug-likeness (QED) is 0.0612. The van der Waals surface area contributed by atoms with Crippen LogP contribution in [0.2, 0.25) is 0 Å². The van der Waals surface area contributed by atoms with Gasteiger partial charge in [-0.25, -0.2) is 19.9 Å². The van der Waals surface area contributed by atoms with E-state index < -0.39 is 5.56 Å². The average Bonchev–Trinajstić information content (AvgIpc) is 0.791. The van der Waals surface area contributed by atoms with Crippen LogP contribution in [0.3, 0.4) is 0 Å². The second-order valence-corrected chi connectivity index (χ2v) is 27.2. The molecule has 112 heavy (non-hydrogen) atoms. The topological polar surface area (TPSA) is 178 Å². The number of benzene rings is 6. The van der Waals surface area contributed by atoms with Gasteiger partial charge in [-0.15, -0.1) is 47.3 Å². The van der Waals surface area contributed by atoms with Gasteiger partial charge in [0.05, 0.1) is 66.3 Å². The first kappa shape index (κ1) is 110. The van der Waals surface area contributed by atoms with Crippen LogP contribution in [-0.2, 0) is 0 Å². The smallest absolute Gasteiger partial charge is 0.369 e. The normalized spacial score (nSPS) is 8.88. The molecule has 0 unspecified atom stereocenters. The van der Waals surface area contributed by atoms with Gasteiger partial charge in [-0.2, -0.15) is 0 Å². The summed E-state index contributed by atoms with van der Waals surface area (Å²) in [6, 6.07) is 68.8. The molecule has 6 aromatic carbocycles. The van der Waals surface area contributed by atoms with Crippen LogP contribution < -0.4 is 43.5 Å². The number of nitrogens with one attached hydrogen (secondary N) is 1. The molecule has 5 heterocycles. The third kappa shape index (κ3) is 41.4. The third-order valence-electron chi connectivity index (χ3n) is 13.0. The highest BCUT2D eigenvalue weighted by Crippen LogP contribution is 2.40. The van der Waals surface area contributed by atoms with Crippen molar-refractivity contribution < 1.29 is 43.0 Å². The Morgan fingerprint density at radius 1 is 0.348 bits per heavy atom. The first-order valence-corrected chi connectivity index (χ1v) is 42.8. The fourth-order valence-corrected chi connectivity index (χ4v) is 9.60. The molecular formula is C91H125BBr5N5O10. The molecule has 11 aromatic rings. The summed E-state index contributed by atoms with van der Waals surface area (Å²) >= 11 is 16.1. The predicted molar refractivity (Wildman–Crippen MR) is 499 cm³/mol. The molecule has 0 aliphatic rings. The van der Waals surface area contributed by atoms with Crippen molar-refractivity contribution in [2.24, 2.45) is 0 Å². The molecule has 0 fully saturated rings. The van der Waals surface area contributed by atoms with Gasteiger partial charge in [-0.05, 0) is 112 Å². The van der Waals surface area contributed by atoms with Crippen LogP contribution in [0.1, 0.15) is 152 Å². The van der Waals surface area contributed by atoms with Crippen molar-refractivity contribution in [1.29, 1.82) is 0 Å². The molecule has 0 saturated heterocycles. The highest BCUT2D eigenvalue weighted by Gasteiger charge is 2.18. The van der Waals surface area contributed by atoms with Gasteiger partial charge in [0.2, 0.25) is 0 Å². The Hall–Kier alpha value is -8.47. The molecule has 15 nitrogen and oxygen atoms in total. The molecule has 0 atom stereocenters. The van der Waals surface area contributed by atoms with E-state index >= 15 is 0 Å². The molecule has 0 saturated carbocycles. The molecule has 2 N–H and O–H groups in total. The van der Waals surface area contributed by atoms with E-state index in [1.54, 1.807) is 40.8 Å². The fraction of sp³-hybridized carbons (Fsp3) is 0.330. The van der Waals surface area contributed by atoms with Gasteiger partial charge in [0.15, 0.2) is 28.7 Å². The second-order valence-electron chi connectivity index (χ2n) is 19.1. The highest BCUT2D eigenvalue weighted by atomic mass is 79.9. The van der Waals surface area contributed by atoms with Gasteiger partial charge < -0.3 is 48.0 Å². The second kappa shape index (κ2) is 72.8. The summed E-state index contributed by atoms with van der Waals surface area (Å²) in [6.07, 6.45) is 3.47. The van der Waals surface area contributed by atoms with Crippen molar-refractivity contribution >= 4 is 82.3 Å². The lowest BCUT2D eigenvalue weighted by Gasteiger charge is -2.15. The molecule has 0 aliphatic carbocycles. The number of aromatic amines is 1. The molecule has 5 aromatic heterocycles. The summed E-state index contributed by atoms with van der Waals surface area (Å²) in [5.41, 5.74) is 11.1. The maximum absolute atomic E-state index is 11.7. The first-order valence-electron chi connectivity index (χ1n) is 38.5. The standard InChI is InChI=1S/C20H19NO2.C17H13NO2.C14H14BrNO2.C14H15NO2.C8H10BrNO2.9C2H6.BBr3/c1-3-23-20-18(22-2)14-17(15-10-6-4-7-11-15)19(21-20)16-12-8-5-9-13-16;19-15-11-14(12-7-3-1-4-8-12)16(18-17(15)20)13-9-5-2-6-10-13;1-3-18-14-12(17-2)9-11(13(15)16-14)10-7-5-4-6-8-10;1-3-17-14-13(16-2)9-12(10-15-14)11-7-5-4-6-8-11;1-3-12-8-7(11-2)4-6(9)5-10-8;9*1-2;2-1(3)4/h4-14H,3H2,1-2H3;1-11,19H,(H,18,20);4-9H,3H2,1-2H3;4-10H,3H2,1-2H3;4-5H,3H2,1-2H3;9*1-2H3;. The van der Waals surface area contributed by atoms with Crippen molar-refractivity contribution in [2.75, 3.05) is 54.9 Å². The summed E-state index contributed by atoms with van der Waals surface area (Å²) in [6.45, 7) is 46.0. The van der Waals surface area contributed by atoms with Gasteiger partial charge >= 0.3 is 3.18 Å². The lowest BCUT2D eigenvalue weighted by molar-refractivity contribution is 0.298. The molecule has 0 spiro atoms. The summed E-state index contributed by atoms with van der Waals surface area (Å²) in [5.74, 6) is 4.41. The Balaban J connectivity index is -0.000000616. The van der Waals surface area contributed by atoms with Crippen LogP contribution in [0.15, 0.2) is 239 Å². The Morgan fingerprint density at radius 3 is 1.02 bits per heavy atom. The summed E-state index contributed by atoms with van der Waals surface area (Å²) < 4.78 is 44.7. The molecule has 0 amide bonds. The van der Waals surface area contributed by atoms with E-state index in [0.717, 1.165) is 70.4 Å². The van der Waals surface area contributed by atoms with Crippen LogP contribution in [0.5, 0.6) is 52.3 Å². The summed E-state index contributed by atoms with van der Waals surface area (Å²) in [5, 5.41) is 9.69. The number of halogens is 5. The maximum Gasteiger partial charge on any atom is 0.369 e. The molecule has 612 valence electrons. The minimum absolute atomic E-state index is 0.271. The molecule has 0 aliphatic heterocycles. The van der Waals surface area contributed by atoms with Gasteiger partial charge in [0, 0.05) is 50.8 Å². The summed E-state index contributed by atoms with van der Waals surface area (Å²) in [4.78, 5) is 31.9. The van der Waals surface area contributed by atoms with Crippen molar-refractivity contribution in [3.63, 3.8) is 0 Å². The van der Waals surface area contributed by atoms with Crippen LogP contribution >= 0.6 is 79.1 Å². The first-order chi connectivity index (χ1) is 54.7. The van der Waals surface area contributed by atoms with Crippen LogP contribution in [-0.4, -0.2) is 88.1 Å². The molecule has 0 bridgehead atoms. The lowest BCUT2D eigenvalue weighted by Crippen LogP contribution is -2.07. The largest absolute Gasteiger partial charge is 0.503 e. The van der Waals surface area contributed by atoms with Crippen LogP contribution in [0, 0.1) is 0 Å². The fourth-order valence-electron chi connectivity index (χ4n) is 8.79. The van der Waals surface area contributed by atoms with Gasteiger partial charge in [-0.1, -0.05) is 307 Å². The van der Waals surface area contributed by atoms with E-state index in [-0.39, 0.29) is 8.93 Å². The number of pyridine rings is 5. The zero-order chi connectivity index (χ0) is 85.6. The lowest BCUT2D eigenvalue weighted by atomic mass is 9.99. The van der Waals surface area contributed by atoms with Crippen LogP contribution in [0.25, 0.3) is 67.0 Å². The van der Waals surface area contributed by atoms with Crippen LogP contribution in [0.4, 0.5) is 0 Å². The van der Waals surface area contributed by atoms with Crippen molar-refractivity contribution in [1.82, 2.24) is 24.9 Å². The SMILES string of the molecule is BrB(Br)Br.CC.CC.CC.CC.CC.CC.CC.CC.CC.CCOc1nc(-c2ccccc2)c(-c2ccccc2)cc1OC.CCOc1nc(Br)c(-c2ccccc2)cc1OC.CCOc1ncc(-c2ccccc2)cc1OC.CCOc1ncc(Br)cc1OC.O=c1[nH]c(-c2ccccc2)c(-c2ccccc2)cc1O. The maximum atomic E-state index is 11.7. The number of rotatable bonds is 18. The number of ether oxygens (including phenoxy) is 8. The zero-order valence-corrected chi connectivity index (χ0v) is 79.0. The highest BCUT2D eigenvalue weighted by molar-refractivity contribution is 9.69. The number of aromatic hydroxyl groups is 1. The minimum atomic E-state index is -0.483. The monoisotopic (exact) mass is 1850 g/mol. The molecular weight excluding hydrogens is 1730 g/mol. The van der Waals surface area contributed by atoms with E-state index in [1.807, 2.05) is 334 Å². The molecule has 11 rings (SSSR count). The van der Waals surface area contributed by atoms with Gasteiger partial charge in [0.1, 0.15) is 4.60 Å². The predicted octanol–water partition coefficient (Wildman–Crippen LogP) is 29.0. The van der Waals surface area contributed by atoms with Gasteiger partial charge in [0.25, 0.3) is 29.1 Å². The van der Waals surface area contributed by atoms with E-state index in [0.29, 0.717) is 78.6 Å². The summed E-state index contributed by atoms with van der Waals surface area (Å²) in [7, 11) is 6.46.